The van der Waals surface area contributed by atoms with E-state index in [9.17, 15) is 0 Å². The Balaban J connectivity index is 2.63. The van der Waals surface area contributed by atoms with Gasteiger partial charge in [-0.2, -0.15) is 0 Å². The van der Waals surface area contributed by atoms with Crippen LogP contribution in [0.4, 0.5) is 0 Å². The van der Waals surface area contributed by atoms with Gasteiger partial charge in [-0.3, -0.25) is 0 Å². The lowest BCUT2D eigenvalue weighted by atomic mass is 9.77. The Hall–Kier alpha value is -0.120. The van der Waals surface area contributed by atoms with Gasteiger partial charge in [0.05, 0.1) is 12.2 Å². The molecule has 1 unspecified atom stereocenters. The summed E-state index contributed by atoms with van der Waals surface area (Å²) in [6, 6.07) is 0. The Kier molecular flexibility index (Phi) is 4.56. The van der Waals surface area contributed by atoms with E-state index in [2.05, 4.69) is 13.8 Å². The van der Waals surface area contributed by atoms with Crippen LogP contribution in [0, 0.1) is 5.41 Å². The molecular formula is C12H25NO2. The maximum atomic E-state index is 5.96. The van der Waals surface area contributed by atoms with Crippen LogP contribution in [0.2, 0.25) is 0 Å². The van der Waals surface area contributed by atoms with E-state index >= 15 is 0 Å². The molecule has 0 amide bonds. The van der Waals surface area contributed by atoms with E-state index in [1.165, 1.54) is 12.8 Å². The quantitative estimate of drug-likeness (QED) is 0.762. The molecule has 1 heterocycles. The van der Waals surface area contributed by atoms with E-state index in [1.807, 2.05) is 0 Å². The summed E-state index contributed by atoms with van der Waals surface area (Å²) in [5.41, 5.74) is 5.83. The predicted molar refractivity (Wildman–Crippen MR) is 61.9 cm³/mol. The first kappa shape index (κ1) is 12.9. The molecule has 1 atom stereocenters. The van der Waals surface area contributed by atoms with Crippen molar-refractivity contribution in [2.24, 2.45) is 11.1 Å². The minimum absolute atomic E-state index is 0.0874. The summed E-state index contributed by atoms with van der Waals surface area (Å²) in [5.74, 6) is 0. The van der Waals surface area contributed by atoms with E-state index in [1.54, 1.807) is 7.11 Å². The Bertz CT molecular complexity index is 181. The number of nitrogens with two attached hydrogens (primary N) is 1. The van der Waals surface area contributed by atoms with Crippen LogP contribution in [0.5, 0.6) is 0 Å². The van der Waals surface area contributed by atoms with Gasteiger partial charge < -0.3 is 15.2 Å². The average Bonchev–Trinajstić information content (AvgIpc) is 2.18. The molecule has 0 bridgehead atoms. The topological polar surface area (TPSA) is 44.5 Å². The fraction of sp³-hybridized carbons (Fsp3) is 1.00. The first-order valence-electron chi connectivity index (χ1n) is 5.87. The number of hydrogen-bond donors (Lipinski definition) is 1. The monoisotopic (exact) mass is 215 g/mol. The maximum absolute atomic E-state index is 5.96. The average molecular weight is 215 g/mol. The summed E-state index contributed by atoms with van der Waals surface area (Å²) in [6.45, 7) is 6.65. The van der Waals surface area contributed by atoms with Crippen LogP contribution in [-0.2, 0) is 9.47 Å². The zero-order valence-corrected chi connectivity index (χ0v) is 10.3. The molecule has 2 N–H and O–H groups in total. The molecule has 1 rings (SSSR count). The molecule has 0 saturated carbocycles. The van der Waals surface area contributed by atoms with Gasteiger partial charge >= 0.3 is 0 Å². The van der Waals surface area contributed by atoms with Gasteiger partial charge in [0.25, 0.3) is 0 Å². The summed E-state index contributed by atoms with van der Waals surface area (Å²) in [6.07, 6.45) is 4.51. The van der Waals surface area contributed by atoms with E-state index in [0.717, 1.165) is 19.4 Å². The summed E-state index contributed by atoms with van der Waals surface area (Å²) < 4.78 is 11.3. The third kappa shape index (κ3) is 3.74. The van der Waals surface area contributed by atoms with Crippen LogP contribution >= 0.6 is 0 Å². The highest BCUT2D eigenvalue weighted by molar-refractivity contribution is 4.89. The first-order chi connectivity index (χ1) is 7.04. The molecule has 0 aromatic rings. The molecule has 3 nitrogen and oxygen atoms in total. The highest BCUT2D eigenvalue weighted by atomic mass is 16.5. The molecule has 0 radical (unpaired) electrons. The van der Waals surface area contributed by atoms with Gasteiger partial charge in [-0.05, 0) is 37.6 Å². The minimum Gasteiger partial charge on any atom is -0.382 e. The molecule has 1 fully saturated rings. The smallest absolute Gasteiger partial charge is 0.0920 e. The van der Waals surface area contributed by atoms with Gasteiger partial charge in [-0.15, -0.1) is 0 Å². The first-order valence-corrected chi connectivity index (χ1v) is 5.87. The summed E-state index contributed by atoms with van der Waals surface area (Å²) in [4.78, 5) is 0. The van der Waals surface area contributed by atoms with E-state index in [4.69, 9.17) is 15.2 Å². The van der Waals surface area contributed by atoms with Crippen LogP contribution < -0.4 is 5.73 Å². The second kappa shape index (κ2) is 5.28. The molecule has 1 aliphatic heterocycles. The second-order valence-electron chi connectivity index (χ2n) is 5.47. The molecule has 3 heteroatoms. The highest BCUT2D eigenvalue weighted by Crippen LogP contribution is 2.36. The van der Waals surface area contributed by atoms with Gasteiger partial charge in [-0.1, -0.05) is 13.8 Å². The van der Waals surface area contributed by atoms with Crippen molar-refractivity contribution in [1.82, 2.24) is 0 Å². The maximum Gasteiger partial charge on any atom is 0.0920 e. The standard InChI is InChI=1S/C12H25NO2/c1-11(2,9-13)8-12(10-14-3)6-4-5-7-15-12/h4-10,13H2,1-3H3. The largest absolute Gasteiger partial charge is 0.382 e. The molecule has 15 heavy (non-hydrogen) atoms. The van der Waals surface area contributed by atoms with Crippen molar-refractivity contribution in [3.8, 4) is 0 Å². The van der Waals surface area contributed by atoms with E-state index < -0.39 is 0 Å². The molecule has 0 aromatic carbocycles. The Labute approximate surface area is 93.3 Å². The van der Waals surface area contributed by atoms with Gasteiger partial charge in [0.1, 0.15) is 0 Å². The molecular weight excluding hydrogens is 190 g/mol. The minimum atomic E-state index is -0.0874. The summed E-state index contributed by atoms with van der Waals surface area (Å²) in [7, 11) is 1.75. The fourth-order valence-electron chi connectivity index (χ4n) is 2.42. The lowest BCUT2D eigenvalue weighted by Crippen LogP contribution is -2.45. The lowest BCUT2D eigenvalue weighted by molar-refractivity contribution is -0.134. The van der Waals surface area contributed by atoms with Crippen molar-refractivity contribution >= 4 is 0 Å². The van der Waals surface area contributed by atoms with Crippen LogP contribution in [-0.4, -0.2) is 32.5 Å². The molecule has 0 aliphatic carbocycles. The van der Waals surface area contributed by atoms with Crippen LogP contribution in [0.15, 0.2) is 0 Å². The van der Waals surface area contributed by atoms with Crippen molar-refractivity contribution in [2.75, 3.05) is 26.9 Å². The van der Waals surface area contributed by atoms with Crippen LogP contribution in [0.1, 0.15) is 39.5 Å². The second-order valence-corrected chi connectivity index (χ2v) is 5.47. The van der Waals surface area contributed by atoms with Crippen LogP contribution in [0.25, 0.3) is 0 Å². The summed E-state index contributed by atoms with van der Waals surface area (Å²) in [5, 5.41) is 0. The zero-order valence-electron chi connectivity index (χ0n) is 10.3. The van der Waals surface area contributed by atoms with Crippen molar-refractivity contribution < 1.29 is 9.47 Å². The number of rotatable bonds is 5. The Morgan fingerprint density at radius 1 is 1.40 bits per heavy atom. The number of methoxy groups -OCH3 is 1. The Morgan fingerprint density at radius 3 is 2.60 bits per heavy atom. The van der Waals surface area contributed by atoms with E-state index in [-0.39, 0.29) is 11.0 Å². The van der Waals surface area contributed by atoms with Crippen LogP contribution in [0.3, 0.4) is 0 Å². The summed E-state index contributed by atoms with van der Waals surface area (Å²) >= 11 is 0. The molecule has 1 saturated heterocycles. The molecule has 0 aromatic heterocycles. The van der Waals surface area contributed by atoms with Crippen molar-refractivity contribution in [1.29, 1.82) is 0 Å². The highest BCUT2D eigenvalue weighted by Gasteiger charge is 2.38. The third-order valence-electron chi connectivity index (χ3n) is 3.20. The van der Waals surface area contributed by atoms with E-state index in [0.29, 0.717) is 13.2 Å². The third-order valence-corrected chi connectivity index (χ3v) is 3.20. The van der Waals surface area contributed by atoms with Gasteiger partial charge in [0, 0.05) is 13.7 Å². The fourth-order valence-corrected chi connectivity index (χ4v) is 2.42. The number of hydrogen-bond acceptors (Lipinski definition) is 3. The van der Waals surface area contributed by atoms with Crippen molar-refractivity contribution in [3.63, 3.8) is 0 Å². The SMILES string of the molecule is COCC1(CC(C)(C)CN)CCCCO1. The lowest BCUT2D eigenvalue weighted by Gasteiger charge is -2.41. The van der Waals surface area contributed by atoms with Gasteiger partial charge in [0.2, 0.25) is 0 Å². The number of ether oxygens (including phenoxy) is 2. The van der Waals surface area contributed by atoms with Crippen molar-refractivity contribution in [3.05, 3.63) is 0 Å². The predicted octanol–water partition coefficient (Wildman–Crippen LogP) is 1.95. The molecule has 0 spiro atoms. The van der Waals surface area contributed by atoms with Gasteiger partial charge in [0.15, 0.2) is 0 Å². The molecule has 90 valence electrons. The zero-order chi connectivity index (χ0) is 11.4. The molecule has 1 aliphatic rings. The normalized spacial score (nSPS) is 28.0. The Morgan fingerprint density at radius 2 is 2.13 bits per heavy atom. The van der Waals surface area contributed by atoms with Crippen molar-refractivity contribution in [2.45, 2.75) is 45.1 Å². The van der Waals surface area contributed by atoms with Gasteiger partial charge in [-0.25, -0.2) is 0 Å².